The third-order valence-electron chi connectivity index (χ3n) is 5.12. The highest BCUT2D eigenvalue weighted by Gasteiger charge is 2.35. The molecule has 2 heteroatoms. The second-order valence-electron chi connectivity index (χ2n) is 6.99. The van der Waals surface area contributed by atoms with Gasteiger partial charge >= 0.3 is 0 Å². The third-order valence-corrected chi connectivity index (χ3v) is 5.12. The van der Waals surface area contributed by atoms with Gasteiger partial charge in [-0.1, -0.05) is 26.7 Å². The molecule has 0 saturated heterocycles. The van der Waals surface area contributed by atoms with Crippen LogP contribution in [0.5, 0.6) is 0 Å². The first kappa shape index (κ1) is 14.3. The molecule has 0 bridgehead atoms. The average Bonchev–Trinajstić information content (AvgIpc) is 2.99. The van der Waals surface area contributed by atoms with Crippen LogP contribution in [0.15, 0.2) is 0 Å². The van der Waals surface area contributed by atoms with E-state index in [4.69, 9.17) is 0 Å². The fourth-order valence-electron chi connectivity index (χ4n) is 3.74. The molecule has 18 heavy (non-hydrogen) atoms. The summed E-state index contributed by atoms with van der Waals surface area (Å²) in [4.78, 5) is 2.47. The lowest BCUT2D eigenvalue weighted by atomic mass is 9.77. The molecule has 2 rings (SSSR count). The van der Waals surface area contributed by atoms with E-state index >= 15 is 0 Å². The quantitative estimate of drug-likeness (QED) is 0.786. The smallest absolute Gasteiger partial charge is 0.0580 e. The van der Waals surface area contributed by atoms with Crippen LogP contribution in [-0.2, 0) is 0 Å². The van der Waals surface area contributed by atoms with Crippen LogP contribution in [0, 0.1) is 23.7 Å². The molecule has 0 heterocycles. The van der Waals surface area contributed by atoms with Gasteiger partial charge in [0.05, 0.1) is 6.10 Å². The van der Waals surface area contributed by atoms with E-state index in [2.05, 4.69) is 25.8 Å². The van der Waals surface area contributed by atoms with Crippen LogP contribution in [0.25, 0.3) is 0 Å². The summed E-state index contributed by atoms with van der Waals surface area (Å²) in [6.07, 6.45) is 7.54. The Balaban J connectivity index is 1.74. The van der Waals surface area contributed by atoms with Gasteiger partial charge in [0.25, 0.3) is 0 Å². The molecule has 2 nitrogen and oxygen atoms in total. The van der Waals surface area contributed by atoms with Crippen molar-refractivity contribution in [2.75, 3.05) is 20.1 Å². The van der Waals surface area contributed by atoms with E-state index in [0.717, 1.165) is 30.7 Å². The highest BCUT2D eigenvalue weighted by molar-refractivity contribution is 4.86. The minimum absolute atomic E-state index is 0.0443. The van der Waals surface area contributed by atoms with Gasteiger partial charge in [-0.25, -0.2) is 0 Å². The lowest BCUT2D eigenvalue weighted by Gasteiger charge is -2.35. The zero-order valence-corrected chi connectivity index (χ0v) is 12.4. The molecule has 0 radical (unpaired) electrons. The van der Waals surface area contributed by atoms with Crippen molar-refractivity contribution in [2.24, 2.45) is 23.7 Å². The van der Waals surface area contributed by atoms with Crippen LogP contribution in [0.2, 0.25) is 0 Å². The molecule has 1 N–H and O–H groups in total. The van der Waals surface area contributed by atoms with Crippen LogP contribution < -0.4 is 0 Å². The highest BCUT2D eigenvalue weighted by atomic mass is 16.3. The molecule has 0 aromatic heterocycles. The monoisotopic (exact) mass is 253 g/mol. The summed E-state index contributed by atoms with van der Waals surface area (Å²) in [5, 5.41) is 10.2. The number of hydrogen-bond acceptors (Lipinski definition) is 2. The molecule has 0 aliphatic heterocycles. The van der Waals surface area contributed by atoms with Crippen molar-refractivity contribution in [3.63, 3.8) is 0 Å². The third kappa shape index (κ3) is 3.96. The summed E-state index contributed by atoms with van der Waals surface area (Å²) in [6, 6.07) is 0. The Kier molecular flexibility index (Phi) is 5.08. The maximum atomic E-state index is 10.2. The molecule has 0 amide bonds. The minimum Gasteiger partial charge on any atom is -0.393 e. The van der Waals surface area contributed by atoms with Crippen molar-refractivity contribution in [2.45, 2.75) is 58.5 Å². The predicted octanol–water partition coefficient (Wildman–Crippen LogP) is 3.15. The number of aliphatic hydroxyl groups is 1. The predicted molar refractivity (Wildman–Crippen MR) is 76.5 cm³/mol. The van der Waals surface area contributed by atoms with E-state index in [0.29, 0.717) is 5.92 Å². The van der Waals surface area contributed by atoms with E-state index in [9.17, 15) is 5.11 Å². The van der Waals surface area contributed by atoms with Gasteiger partial charge in [0.15, 0.2) is 0 Å². The minimum atomic E-state index is -0.0443. The van der Waals surface area contributed by atoms with Gasteiger partial charge in [-0.15, -0.1) is 0 Å². The summed E-state index contributed by atoms with van der Waals surface area (Å²) in [7, 11) is 2.24. The van der Waals surface area contributed by atoms with Crippen LogP contribution in [0.4, 0.5) is 0 Å². The van der Waals surface area contributed by atoms with Crippen LogP contribution in [0.3, 0.4) is 0 Å². The zero-order chi connectivity index (χ0) is 13.1. The largest absolute Gasteiger partial charge is 0.393 e. The van der Waals surface area contributed by atoms with Crippen molar-refractivity contribution >= 4 is 0 Å². The Morgan fingerprint density at radius 2 is 1.78 bits per heavy atom. The Hall–Kier alpha value is -0.0800. The molecule has 2 aliphatic carbocycles. The summed E-state index contributed by atoms with van der Waals surface area (Å²) in [5.41, 5.74) is 0. The van der Waals surface area contributed by atoms with Crippen molar-refractivity contribution in [3.8, 4) is 0 Å². The average molecular weight is 253 g/mol. The molecule has 2 aliphatic rings. The molecular formula is C16H31NO. The summed E-state index contributed by atoms with van der Waals surface area (Å²) < 4.78 is 0. The lowest BCUT2D eigenvalue weighted by Crippen LogP contribution is -2.38. The fourth-order valence-corrected chi connectivity index (χ4v) is 3.74. The molecule has 0 spiro atoms. The van der Waals surface area contributed by atoms with Gasteiger partial charge in [0, 0.05) is 13.1 Å². The van der Waals surface area contributed by atoms with Gasteiger partial charge in [-0.05, 0) is 56.4 Å². The van der Waals surface area contributed by atoms with Gasteiger partial charge in [0.1, 0.15) is 0 Å². The summed E-state index contributed by atoms with van der Waals surface area (Å²) in [5.74, 6) is 3.27. The first-order valence-electron chi connectivity index (χ1n) is 7.96. The number of aliphatic hydroxyl groups excluding tert-OH is 1. The SMILES string of the molecule is CCCC1CCC(O)C(CN(C)CC2CC2C)C1. The summed E-state index contributed by atoms with van der Waals surface area (Å²) in [6.45, 7) is 6.97. The van der Waals surface area contributed by atoms with Crippen LogP contribution in [0.1, 0.15) is 52.4 Å². The van der Waals surface area contributed by atoms with E-state index < -0.39 is 0 Å². The molecule has 5 unspecified atom stereocenters. The summed E-state index contributed by atoms with van der Waals surface area (Å²) >= 11 is 0. The molecule has 0 aromatic rings. The fraction of sp³-hybridized carbons (Fsp3) is 1.00. The van der Waals surface area contributed by atoms with Crippen LogP contribution >= 0.6 is 0 Å². The van der Waals surface area contributed by atoms with Gasteiger partial charge in [-0.3, -0.25) is 0 Å². The second kappa shape index (κ2) is 6.38. The Morgan fingerprint density at radius 3 is 2.39 bits per heavy atom. The maximum absolute atomic E-state index is 10.2. The standard InChI is InChI=1S/C16H31NO/c1-4-5-13-6-7-16(18)15(9-13)11-17(3)10-14-8-12(14)2/h12-16,18H,4-11H2,1-3H3. The Morgan fingerprint density at radius 1 is 1.11 bits per heavy atom. The molecule has 2 saturated carbocycles. The molecule has 0 aromatic carbocycles. The molecule has 2 fully saturated rings. The van der Waals surface area contributed by atoms with E-state index in [1.807, 2.05) is 0 Å². The van der Waals surface area contributed by atoms with Crippen molar-refractivity contribution < 1.29 is 5.11 Å². The van der Waals surface area contributed by atoms with E-state index in [-0.39, 0.29) is 6.10 Å². The van der Waals surface area contributed by atoms with E-state index in [1.54, 1.807) is 0 Å². The topological polar surface area (TPSA) is 23.5 Å². The number of rotatable bonds is 6. The Bertz CT molecular complexity index is 255. The van der Waals surface area contributed by atoms with Gasteiger partial charge in [0.2, 0.25) is 0 Å². The van der Waals surface area contributed by atoms with Crippen LogP contribution in [-0.4, -0.2) is 36.2 Å². The zero-order valence-electron chi connectivity index (χ0n) is 12.4. The van der Waals surface area contributed by atoms with Crippen molar-refractivity contribution in [1.29, 1.82) is 0 Å². The van der Waals surface area contributed by atoms with Crippen molar-refractivity contribution in [1.82, 2.24) is 4.90 Å². The second-order valence-corrected chi connectivity index (χ2v) is 6.99. The van der Waals surface area contributed by atoms with Crippen molar-refractivity contribution in [3.05, 3.63) is 0 Å². The van der Waals surface area contributed by atoms with Gasteiger partial charge in [-0.2, -0.15) is 0 Å². The normalized spacial score (nSPS) is 40.2. The van der Waals surface area contributed by atoms with Gasteiger partial charge < -0.3 is 10.0 Å². The number of hydrogen-bond donors (Lipinski definition) is 1. The first-order chi connectivity index (χ1) is 8.60. The molecule has 106 valence electrons. The molecular weight excluding hydrogens is 222 g/mol. The number of nitrogens with zero attached hydrogens (tertiary/aromatic N) is 1. The Labute approximate surface area is 113 Å². The van der Waals surface area contributed by atoms with E-state index in [1.165, 1.54) is 38.6 Å². The highest BCUT2D eigenvalue weighted by Crippen LogP contribution is 2.38. The lowest BCUT2D eigenvalue weighted by molar-refractivity contribution is 0.0291. The maximum Gasteiger partial charge on any atom is 0.0580 e. The molecule has 5 atom stereocenters. The first-order valence-corrected chi connectivity index (χ1v) is 7.96.